The van der Waals surface area contributed by atoms with Gasteiger partial charge in [-0.05, 0) is 19.9 Å². The molecule has 0 aromatic heterocycles. The van der Waals surface area contributed by atoms with Crippen LogP contribution in [-0.4, -0.2) is 44.7 Å². The minimum Gasteiger partial charge on any atom is -1.00 e. The third-order valence-electron chi connectivity index (χ3n) is 1.78. The maximum atomic E-state index is 11.0. The van der Waals surface area contributed by atoms with E-state index in [1.54, 1.807) is 0 Å². The van der Waals surface area contributed by atoms with Gasteiger partial charge in [0.25, 0.3) is 0 Å². The molecular weight excluding hydrogens is 202 g/mol. The molecule has 14 heavy (non-hydrogen) atoms. The van der Waals surface area contributed by atoms with Crippen LogP contribution in [0.25, 0.3) is 0 Å². The number of hydrogen-bond acceptors (Lipinski definition) is 2. The normalized spacial score (nSPS) is 10.1. The van der Waals surface area contributed by atoms with E-state index in [9.17, 15) is 4.79 Å². The van der Waals surface area contributed by atoms with Gasteiger partial charge in [-0.2, -0.15) is 0 Å². The first-order valence-electron chi connectivity index (χ1n) is 4.39. The quantitative estimate of drug-likeness (QED) is 0.318. The van der Waals surface area contributed by atoms with Crippen LogP contribution < -0.4 is 12.4 Å². The van der Waals surface area contributed by atoms with Crippen LogP contribution in [0.5, 0.6) is 0 Å². The van der Waals surface area contributed by atoms with Gasteiger partial charge in [-0.1, -0.05) is 5.57 Å². The number of hydrogen-bond donors (Lipinski definition) is 0. The molecule has 0 aliphatic rings. The van der Waals surface area contributed by atoms with E-state index in [4.69, 9.17) is 0 Å². The molecule has 0 amide bonds. The average Bonchev–Trinajstić information content (AvgIpc) is 2.00. The molecule has 0 aliphatic heterocycles. The van der Waals surface area contributed by atoms with Crippen LogP contribution in [0.15, 0.2) is 11.6 Å². The van der Waals surface area contributed by atoms with Crippen molar-refractivity contribution in [3.63, 3.8) is 0 Å². The Kier molecular flexibility index (Phi) is 7.78. The van der Waals surface area contributed by atoms with Crippen LogP contribution >= 0.6 is 0 Å². The Labute approximate surface area is 92.7 Å². The fourth-order valence-corrected chi connectivity index (χ4v) is 0.908. The van der Waals surface area contributed by atoms with E-state index in [1.807, 2.05) is 14.1 Å². The number of halogens is 1. The standard InChI is InChI=1S/C10H20NO2.ClH/c1-9(2)6-7-11(3,4)8-10(12)13-5;/h6H,7-8H2,1-5H3;1H/q+1;/p-1. The fraction of sp³-hybridized carbons (Fsp3) is 0.700. The van der Waals surface area contributed by atoms with Gasteiger partial charge in [0, 0.05) is 0 Å². The summed E-state index contributed by atoms with van der Waals surface area (Å²) >= 11 is 0. The molecule has 0 atom stereocenters. The Hall–Kier alpha value is -0.540. The number of allylic oxidation sites excluding steroid dienone is 1. The Morgan fingerprint density at radius 2 is 1.86 bits per heavy atom. The lowest BCUT2D eigenvalue weighted by atomic mass is 10.3. The highest BCUT2D eigenvalue weighted by atomic mass is 35.5. The average molecular weight is 222 g/mol. The Morgan fingerprint density at radius 1 is 1.36 bits per heavy atom. The smallest absolute Gasteiger partial charge is 0.361 e. The highest BCUT2D eigenvalue weighted by Gasteiger charge is 2.18. The molecule has 0 heterocycles. The van der Waals surface area contributed by atoms with Gasteiger partial charge in [0.2, 0.25) is 0 Å². The van der Waals surface area contributed by atoms with E-state index in [2.05, 4.69) is 24.7 Å². The first-order valence-corrected chi connectivity index (χ1v) is 4.39. The van der Waals surface area contributed by atoms with E-state index in [0.717, 1.165) is 6.54 Å². The Bertz CT molecular complexity index is 208. The molecule has 0 fully saturated rings. The molecule has 0 aliphatic carbocycles. The van der Waals surface area contributed by atoms with E-state index < -0.39 is 0 Å². The number of carbonyl (C=O) groups is 1. The predicted molar refractivity (Wildman–Crippen MR) is 53.3 cm³/mol. The van der Waals surface area contributed by atoms with Gasteiger partial charge in [0.1, 0.15) is 0 Å². The summed E-state index contributed by atoms with van der Waals surface area (Å²) in [4.78, 5) is 11.0. The number of rotatable bonds is 4. The monoisotopic (exact) mass is 221 g/mol. The van der Waals surface area contributed by atoms with Crippen LogP contribution in [0.2, 0.25) is 0 Å². The van der Waals surface area contributed by atoms with Crippen molar-refractivity contribution in [2.75, 3.05) is 34.3 Å². The molecule has 0 aromatic rings. The lowest BCUT2D eigenvalue weighted by Crippen LogP contribution is -3.00. The number of carbonyl (C=O) groups excluding carboxylic acids is 1. The minimum absolute atomic E-state index is 0. The van der Waals surface area contributed by atoms with Crippen molar-refractivity contribution in [2.24, 2.45) is 0 Å². The lowest BCUT2D eigenvalue weighted by molar-refractivity contribution is -0.877. The highest BCUT2D eigenvalue weighted by molar-refractivity contribution is 5.70. The fourth-order valence-electron chi connectivity index (χ4n) is 0.908. The predicted octanol–water partition coefficient (Wildman–Crippen LogP) is -1.79. The molecule has 0 N–H and O–H groups in total. The number of esters is 1. The first kappa shape index (κ1) is 15.9. The van der Waals surface area contributed by atoms with E-state index in [1.165, 1.54) is 12.7 Å². The SMILES string of the molecule is COC(=O)C[N+](C)(C)CC=C(C)C.[Cl-]. The van der Waals surface area contributed by atoms with Gasteiger partial charge in [0.15, 0.2) is 6.54 Å². The summed E-state index contributed by atoms with van der Waals surface area (Å²) in [7, 11) is 5.44. The summed E-state index contributed by atoms with van der Waals surface area (Å²) in [6, 6.07) is 0. The van der Waals surface area contributed by atoms with Crippen molar-refractivity contribution in [3.8, 4) is 0 Å². The summed E-state index contributed by atoms with van der Waals surface area (Å²) in [5, 5.41) is 0. The Balaban J connectivity index is 0. The van der Waals surface area contributed by atoms with Crippen LogP contribution in [-0.2, 0) is 9.53 Å². The molecule has 0 radical (unpaired) electrons. The van der Waals surface area contributed by atoms with Gasteiger partial charge in [-0.25, -0.2) is 4.79 Å². The van der Waals surface area contributed by atoms with Crippen molar-refractivity contribution in [1.29, 1.82) is 0 Å². The topological polar surface area (TPSA) is 26.3 Å². The highest BCUT2D eigenvalue weighted by Crippen LogP contribution is 2.00. The van der Waals surface area contributed by atoms with Crippen molar-refractivity contribution >= 4 is 5.97 Å². The third-order valence-corrected chi connectivity index (χ3v) is 1.78. The van der Waals surface area contributed by atoms with Gasteiger partial charge < -0.3 is 21.6 Å². The van der Waals surface area contributed by atoms with Crippen molar-refractivity contribution in [1.82, 2.24) is 0 Å². The summed E-state index contributed by atoms with van der Waals surface area (Å²) in [5.41, 5.74) is 1.27. The zero-order valence-corrected chi connectivity index (χ0v) is 10.4. The Morgan fingerprint density at radius 3 is 2.21 bits per heavy atom. The van der Waals surface area contributed by atoms with E-state index >= 15 is 0 Å². The minimum atomic E-state index is -0.160. The molecule has 3 nitrogen and oxygen atoms in total. The van der Waals surface area contributed by atoms with Gasteiger partial charge in [-0.15, -0.1) is 0 Å². The maximum Gasteiger partial charge on any atom is 0.361 e. The molecule has 0 saturated heterocycles. The third kappa shape index (κ3) is 8.08. The molecule has 0 bridgehead atoms. The summed E-state index contributed by atoms with van der Waals surface area (Å²) in [6.07, 6.45) is 2.13. The van der Waals surface area contributed by atoms with Crippen molar-refractivity contribution < 1.29 is 26.4 Å². The first-order chi connectivity index (χ1) is 5.87. The zero-order valence-electron chi connectivity index (χ0n) is 9.63. The van der Waals surface area contributed by atoms with Crippen LogP contribution in [0.4, 0.5) is 0 Å². The number of ether oxygens (including phenoxy) is 1. The van der Waals surface area contributed by atoms with Gasteiger partial charge in [-0.3, -0.25) is 0 Å². The molecule has 0 rings (SSSR count). The van der Waals surface area contributed by atoms with E-state index in [0.29, 0.717) is 11.0 Å². The summed E-state index contributed by atoms with van der Waals surface area (Å²) < 4.78 is 5.25. The van der Waals surface area contributed by atoms with Crippen LogP contribution in [0.1, 0.15) is 13.8 Å². The number of quaternary nitrogens is 1. The number of nitrogens with zero attached hydrogens (tertiary/aromatic N) is 1. The van der Waals surface area contributed by atoms with E-state index in [-0.39, 0.29) is 18.4 Å². The molecule has 84 valence electrons. The van der Waals surface area contributed by atoms with Gasteiger partial charge >= 0.3 is 5.97 Å². The second kappa shape index (κ2) is 6.85. The molecule has 0 spiro atoms. The molecule has 0 unspecified atom stereocenters. The molecule has 0 aromatic carbocycles. The molecule has 4 heteroatoms. The van der Waals surface area contributed by atoms with Gasteiger partial charge in [0.05, 0.1) is 27.7 Å². The summed E-state index contributed by atoms with van der Waals surface area (Å²) in [5.74, 6) is -0.160. The maximum absolute atomic E-state index is 11.0. The number of likely N-dealkylation sites (N-methyl/N-ethyl adjacent to an activating group) is 1. The van der Waals surface area contributed by atoms with Crippen molar-refractivity contribution in [2.45, 2.75) is 13.8 Å². The number of methoxy groups -OCH3 is 1. The second-order valence-electron chi connectivity index (χ2n) is 4.13. The largest absolute Gasteiger partial charge is 1.00 e. The zero-order chi connectivity index (χ0) is 10.5. The molecule has 0 saturated carbocycles. The summed E-state index contributed by atoms with van der Waals surface area (Å²) in [6.45, 7) is 5.38. The molecular formula is C10H20ClNO2. The van der Waals surface area contributed by atoms with Crippen molar-refractivity contribution in [3.05, 3.63) is 11.6 Å². The lowest BCUT2D eigenvalue weighted by Gasteiger charge is -2.26. The van der Waals surface area contributed by atoms with Crippen LogP contribution in [0.3, 0.4) is 0 Å². The van der Waals surface area contributed by atoms with Crippen LogP contribution in [0, 0.1) is 0 Å². The second-order valence-corrected chi connectivity index (χ2v) is 4.13.